The molecule has 9 heteroatoms. The van der Waals surface area contributed by atoms with Crippen molar-refractivity contribution in [1.82, 2.24) is 15.5 Å². The Morgan fingerprint density at radius 1 is 1.15 bits per heavy atom. The average Bonchev–Trinajstić information content (AvgIpc) is 3.12. The predicted molar refractivity (Wildman–Crippen MR) is 99.6 cm³/mol. The molecule has 1 aliphatic heterocycles. The molecular weight excluding hydrogens is 352 g/mol. The summed E-state index contributed by atoms with van der Waals surface area (Å²) in [5.74, 6) is -2.75. The van der Waals surface area contributed by atoms with Gasteiger partial charge in [-0.15, -0.1) is 0 Å². The summed E-state index contributed by atoms with van der Waals surface area (Å²) in [6.07, 6.45) is 1.65. The van der Waals surface area contributed by atoms with Gasteiger partial charge in [0, 0.05) is 6.54 Å². The molecule has 1 saturated heterocycles. The molecule has 4 atom stereocenters. The molecule has 0 aromatic rings. The van der Waals surface area contributed by atoms with Crippen molar-refractivity contribution < 1.29 is 24.3 Å². The quantitative estimate of drug-likeness (QED) is 0.430. The van der Waals surface area contributed by atoms with Crippen LogP contribution in [-0.2, 0) is 19.2 Å². The van der Waals surface area contributed by atoms with E-state index in [4.69, 9.17) is 5.73 Å². The van der Waals surface area contributed by atoms with Crippen LogP contribution in [0.4, 0.5) is 0 Å². The van der Waals surface area contributed by atoms with Crippen LogP contribution >= 0.6 is 0 Å². The van der Waals surface area contributed by atoms with Crippen molar-refractivity contribution in [1.29, 1.82) is 0 Å². The van der Waals surface area contributed by atoms with E-state index in [0.29, 0.717) is 25.8 Å². The lowest BCUT2D eigenvalue weighted by Crippen LogP contribution is -2.59. The van der Waals surface area contributed by atoms with Gasteiger partial charge >= 0.3 is 5.97 Å². The van der Waals surface area contributed by atoms with Gasteiger partial charge in [0.15, 0.2) is 0 Å². The van der Waals surface area contributed by atoms with Crippen molar-refractivity contribution in [3.63, 3.8) is 0 Å². The lowest BCUT2D eigenvalue weighted by Gasteiger charge is -2.32. The van der Waals surface area contributed by atoms with E-state index in [1.807, 2.05) is 13.8 Å². The number of aliphatic carboxylic acids is 1. The minimum absolute atomic E-state index is 0.186. The molecule has 0 aliphatic carbocycles. The number of nitrogens with two attached hydrogens (primary N) is 1. The highest BCUT2D eigenvalue weighted by molar-refractivity contribution is 5.94. The molecule has 0 radical (unpaired) electrons. The van der Waals surface area contributed by atoms with Crippen molar-refractivity contribution in [2.45, 2.75) is 65.1 Å². The Morgan fingerprint density at radius 3 is 2.26 bits per heavy atom. The molecular formula is C18H32N4O5. The first-order chi connectivity index (χ1) is 12.6. The van der Waals surface area contributed by atoms with Crippen LogP contribution < -0.4 is 16.4 Å². The molecule has 154 valence electrons. The topological polar surface area (TPSA) is 142 Å². The maximum atomic E-state index is 13.0. The van der Waals surface area contributed by atoms with Gasteiger partial charge in [0.1, 0.15) is 18.1 Å². The summed E-state index contributed by atoms with van der Waals surface area (Å²) in [4.78, 5) is 50.1. The monoisotopic (exact) mass is 384 g/mol. The van der Waals surface area contributed by atoms with E-state index < -0.39 is 41.8 Å². The standard InChI is InChI=1S/C18H32N4O5/c1-5-11(4)15(17(25)22-8-6-7-12(22)18(26)27)21-16(24)14(10(2)3)20-13(23)9-19/h10-12,14-15H,5-9,19H2,1-4H3,(H,20,23)(H,21,24)(H,26,27). The van der Waals surface area contributed by atoms with Gasteiger partial charge in [0.2, 0.25) is 17.7 Å². The molecule has 4 unspecified atom stereocenters. The highest BCUT2D eigenvalue weighted by Gasteiger charge is 2.40. The molecule has 27 heavy (non-hydrogen) atoms. The molecule has 1 rings (SSSR count). The average molecular weight is 384 g/mol. The first kappa shape index (κ1) is 22.9. The number of nitrogens with one attached hydrogen (secondary N) is 2. The second-order valence-electron chi connectivity index (χ2n) is 7.39. The summed E-state index contributed by atoms with van der Waals surface area (Å²) in [7, 11) is 0. The molecule has 5 N–H and O–H groups in total. The zero-order valence-corrected chi connectivity index (χ0v) is 16.5. The third kappa shape index (κ3) is 5.92. The van der Waals surface area contributed by atoms with Gasteiger partial charge in [-0.3, -0.25) is 14.4 Å². The smallest absolute Gasteiger partial charge is 0.326 e. The molecule has 1 aliphatic rings. The lowest BCUT2D eigenvalue weighted by molar-refractivity contribution is -0.150. The first-order valence-electron chi connectivity index (χ1n) is 9.47. The number of hydrogen-bond acceptors (Lipinski definition) is 5. The largest absolute Gasteiger partial charge is 0.480 e. The van der Waals surface area contributed by atoms with Crippen LogP contribution in [0.5, 0.6) is 0 Å². The molecule has 0 saturated carbocycles. The van der Waals surface area contributed by atoms with E-state index in [-0.39, 0.29) is 18.4 Å². The van der Waals surface area contributed by atoms with Gasteiger partial charge in [0.25, 0.3) is 0 Å². The number of hydrogen-bond donors (Lipinski definition) is 4. The van der Waals surface area contributed by atoms with Crippen molar-refractivity contribution >= 4 is 23.7 Å². The van der Waals surface area contributed by atoms with Crippen LogP contribution in [-0.4, -0.2) is 64.9 Å². The van der Waals surface area contributed by atoms with Gasteiger partial charge in [-0.2, -0.15) is 0 Å². The maximum Gasteiger partial charge on any atom is 0.326 e. The summed E-state index contributed by atoms with van der Waals surface area (Å²) in [5.41, 5.74) is 5.31. The number of carboxylic acids is 1. The summed E-state index contributed by atoms with van der Waals surface area (Å²) >= 11 is 0. The van der Waals surface area contributed by atoms with Crippen molar-refractivity contribution in [2.75, 3.05) is 13.1 Å². The normalized spacial score (nSPS) is 20.1. The van der Waals surface area contributed by atoms with Crippen LogP contribution in [0.1, 0.15) is 47.0 Å². The Labute approximate surface area is 160 Å². The lowest BCUT2D eigenvalue weighted by atomic mass is 9.95. The van der Waals surface area contributed by atoms with Crippen LogP contribution in [0.2, 0.25) is 0 Å². The Morgan fingerprint density at radius 2 is 1.78 bits per heavy atom. The molecule has 1 fully saturated rings. The molecule has 9 nitrogen and oxygen atoms in total. The molecule has 0 bridgehead atoms. The van der Waals surface area contributed by atoms with Crippen molar-refractivity contribution in [3.8, 4) is 0 Å². The SMILES string of the molecule is CCC(C)C(NC(=O)C(NC(=O)CN)C(C)C)C(=O)N1CCCC1C(=O)O. The molecule has 0 aromatic heterocycles. The van der Waals surface area contributed by atoms with Crippen LogP contribution in [0.25, 0.3) is 0 Å². The molecule has 1 heterocycles. The molecule has 0 spiro atoms. The van der Waals surface area contributed by atoms with E-state index in [1.165, 1.54) is 4.90 Å². The second-order valence-corrected chi connectivity index (χ2v) is 7.39. The number of carbonyl (C=O) groups is 4. The molecule has 0 aromatic carbocycles. The summed E-state index contributed by atoms with van der Waals surface area (Å²) in [6.45, 7) is 7.40. The van der Waals surface area contributed by atoms with Crippen LogP contribution in [0, 0.1) is 11.8 Å². The van der Waals surface area contributed by atoms with E-state index in [2.05, 4.69) is 10.6 Å². The summed E-state index contributed by atoms with van der Waals surface area (Å²) in [5, 5.41) is 14.6. The number of amides is 3. The maximum absolute atomic E-state index is 13.0. The minimum Gasteiger partial charge on any atom is -0.480 e. The van der Waals surface area contributed by atoms with Crippen LogP contribution in [0.15, 0.2) is 0 Å². The predicted octanol–water partition coefficient (Wildman–Crippen LogP) is -0.308. The molecule has 3 amide bonds. The third-order valence-corrected chi connectivity index (χ3v) is 5.05. The fourth-order valence-corrected chi connectivity index (χ4v) is 3.16. The highest BCUT2D eigenvalue weighted by Crippen LogP contribution is 2.21. The van der Waals surface area contributed by atoms with Gasteiger partial charge in [-0.05, 0) is 24.7 Å². The van der Waals surface area contributed by atoms with E-state index >= 15 is 0 Å². The first-order valence-corrected chi connectivity index (χ1v) is 9.47. The van der Waals surface area contributed by atoms with Gasteiger partial charge in [-0.25, -0.2) is 4.79 Å². The number of carbonyl (C=O) groups excluding carboxylic acids is 3. The van der Waals surface area contributed by atoms with E-state index in [0.717, 1.165) is 0 Å². The number of rotatable bonds is 9. The number of likely N-dealkylation sites (tertiary alicyclic amines) is 1. The number of carboxylic acid groups (broad SMARTS) is 1. The Balaban J connectivity index is 2.99. The fourth-order valence-electron chi connectivity index (χ4n) is 3.16. The minimum atomic E-state index is -1.04. The summed E-state index contributed by atoms with van der Waals surface area (Å²) < 4.78 is 0. The zero-order valence-electron chi connectivity index (χ0n) is 16.5. The Hall–Kier alpha value is -2.16. The summed E-state index contributed by atoms with van der Waals surface area (Å²) in [6, 6.07) is -2.54. The van der Waals surface area contributed by atoms with Crippen molar-refractivity contribution in [2.24, 2.45) is 17.6 Å². The Bertz CT molecular complexity index is 566. The highest BCUT2D eigenvalue weighted by atomic mass is 16.4. The third-order valence-electron chi connectivity index (χ3n) is 5.05. The fraction of sp³-hybridized carbons (Fsp3) is 0.778. The van der Waals surface area contributed by atoms with Gasteiger partial charge in [0.05, 0.1) is 6.54 Å². The van der Waals surface area contributed by atoms with E-state index in [9.17, 15) is 24.3 Å². The van der Waals surface area contributed by atoms with Crippen LogP contribution in [0.3, 0.4) is 0 Å². The van der Waals surface area contributed by atoms with E-state index in [1.54, 1.807) is 13.8 Å². The second kappa shape index (κ2) is 10.2. The Kier molecular flexibility index (Phi) is 8.68. The van der Waals surface area contributed by atoms with Gasteiger partial charge < -0.3 is 26.4 Å². The zero-order chi connectivity index (χ0) is 20.7. The van der Waals surface area contributed by atoms with Crippen molar-refractivity contribution in [3.05, 3.63) is 0 Å². The number of nitrogens with zero attached hydrogens (tertiary/aromatic N) is 1. The van der Waals surface area contributed by atoms with Gasteiger partial charge in [-0.1, -0.05) is 34.1 Å².